The first-order valence-corrected chi connectivity index (χ1v) is 8.33. The van der Waals surface area contributed by atoms with Gasteiger partial charge in [0.05, 0.1) is 26.3 Å². The van der Waals surface area contributed by atoms with Crippen LogP contribution in [0.1, 0.15) is 11.1 Å². The fourth-order valence-corrected chi connectivity index (χ4v) is 2.20. The van der Waals surface area contributed by atoms with Gasteiger partial charge in [0.2, 0.25) is 5.91 Å². The second-order valence-electron chi connectivity index (χ2n) is 5.15. The van der Waals surface area contributed by atoms with Crippen LogP contribution >= 0.6 is 15.9 Å². The molecule has 0 radical (unpaired) electrons. The Bertz CT molecular complexity index is 743. The second kappa shape index (κ2) is 9.58. The average Bonchev–Trinajstić information content (AvgIpc) is 2.62. The third-order valence-electron chi connectivity index (χ3n) is 3.24. The van der Waals surface area contributed by atoms with Crippen LogP contribution in [0.25, 0.3) is 0 Å². The van der Waals surface area contributed by atoms with E-state index in [1.54, 1.807) is 31.4 Å². The third-order valence-corrected chi connectivity index (χ3v) is 3.77. The molecule has 0 spiro atoms. The number of ether oxygens (including phenoxy) is 1. The molecule has 2 aromatic rings. The van der Waals surface area contributed by atoms with E-state index in [2.05, 4.69) is 31.8 Å². The maximum atomic E-state index is 11.8. The summed E-state index contributed by atoms with van der Waals surface area (Å²) >= 11 is 3.34. The summed E-state index contributed by atoms with van der Waals surface area (Å²) in [7, 11) is 1.58. The predicted molar refractivity (Wildman–Crippen MR) is 99.6 cm³/mol. The Morgan fingerprint density at radius 2 is 1.76 bits per heavy atom. The van der Waals surface area contributed by atoms with Crippen molar-refractivity contribution in [3.8, 4) is 5.75 Å². The largest absolute Gasteiger partial charge is 0.497 e. The van der Waals surface area contributed by atoms with Gasteiger partial charge in [0.25, 0.3) is 5.91 Å². The molecule has 2 amide bonds. The molecular weight excluding hydrogens is 386 g/mol. The highest BCUT2D eigenvalue weighted by Gasteiger charge is 2.06. The fourth-order valence-electron chi connectivity index (χ4n) is 1.94. The molecule has 2 rings (SSSR count). The number of carbonyl (C=O) groups excluding carboxylic acids is 2. The molecule has 0 unspecified atom stereocenters. The molecular formula is C18H18BrN3O3. The van der Waals surface area contributed by atoms with Gasteiger partial charge in [-0.3, -0.25) is 9.59 Å². The van der Waals surface area contributed by atoms with Crippen LogP contribution in [0.2, 0.25) is 0 Å². The van der Waals surface area contributed by atoms with Crippen molar-refractivity contribution in [2.75, 3.05) is 13.7 Å². The molecule has 0 saturated carbocycles. The van der Waals surface area contributed by atoms with E-state index in [4.69, 9.17) is 4.74 Å². The number of nitrogens with zero attached hydrogens (tertiary/aromatic N) is 1. The standard InChI is InChI=1S/C18H18BrN3O3/c1-25-16-8-4-13(5-9-16)10-17(23)20-12-18(24)22-21-11-14-2-6-15(19)7-3-14/h2-9,11H,10,12H2,1H3,(H,20,23)(H,22,24). The normalized spacial score (nSPS) is 10.5. The minimum Gasteiger partial charge on any atom is -0.497 e. The quantitative estimate of drug-likeness (QED) is 0.549. The van der Waals surface area contributed by atoms with Gasteiger partial charge in [0.1, 0.15) is 5.75 Å². The Morgan fingerprint density at radius 3 is 2.40 bits per heavy atom. The van der Waals surface area contributed by atoms with Crippen molar-refractivity contribution >= 4 is 34.0 Å². The van der Waals surface area contributed by atoms with Crippen LogP contribution in [0.4, 0.5) is 0 Å². The molecule has 25 heavy (non-hydrogen) atoms. The van der Waals surface area contributed by atoms with Gasteiger partial charge < -0.3 is 10.1 Å². The number of hydrazone groups is 1. The first kappa shape index (κ1) is 18.7. The number of rotatable bonds is 7. The number of hydrogen-bond acceptors (Lipinski definition) is 4. The van der Waals surface area contributed by atoms with Gasteiger partial charge in [0.15, 0.2) is 0 Å². The summed E-state index contributed by atoms with van der Waals surface area (Å²) in [5.41, 5.74) is 4.06. The molecule has 0 aromatic heterocycles. The van der Waals surface area contributed by atoms with Crippen molar-refractivity contribution in [1.29, 1.82) is 0 Å². The van der Waals surface area contributed by atoms with Crippen LogP contribution in [0, 0.1) is 0 Å². The number of carbonyl (C=O) groups is 2. The summed E-state index contributed by atoms with van der Waals surface area (Å²) in [5.74, 6) is 0.0980. The molecule has 0 aliphatic carbocycles. The van der Waals surface area contributed by atoms with Crippen molar-refractivity contribution in [2.45, 2.75) is 6.42 Å². The average molecular weight is 404 g/mol. The van der Waals surface area contributed by atoms with Crippen molar-refractivity contribution < 1.29 is 14.3 Å². The Morgan fingerprint density at radius 1 is 1.08 bits per heavy atom. The number of nitrogens with one attached hydrogen (secondary N) is 2. The minimum atomic E-state index is -0.392. The fraction of sp³-hybridized carbons (Fsp3) is 0.167. The van der Waals surface area contributed by atoms with Crippen LogP contribution in [0.15, 0.2) is 58.1 Å². The highest BCUT2D eigenvalue weighted by molar-refractivity contribution is 9.10. The molecule has 0 fully saturated rings. The van der Waals surface area contributed by atoms with Gasteiger partial charge in [-0.1, -0.05) is 40.2 Å². The van der Waals surface area contributed by atoms with E-state index in [-0.39, 0.29) is 18.9 Å². The molecule has 130 valence electrons. The van der Waals surface area contributed by atoms with Crippen molar-refractivity contribution in [1.82, 2.24) is 10.7 Å². The minimum absolute atomic E-state index is 0.132. The molecule has 0 aliphatic rings. The van der Waals surface area contributed by atoms with E-state index < -0.39 is 5.91 Å². The second-order valence-corrected chi connectivity index (χ2v) is 6.06. The smallest absolute Gasteiger partial charge is 0.259 e. The summed E-state index contributed by atoms with van der Waals surface area (Å²) in [6.45, 7) is -0.132. The third kappa shape index (κ3) is 6.76. The zero-order chi connectivity index (χ0) is 18.1. The number of benzene rings is 2. The number of halogens is 1. The SMILES string of the molecule is COc1ccc(CC(=O)NCC(=O)NN=Cc2ccc(Br)cc2)cc1. The number of hydrogen-bond donors (Lipinski definition) is 2. The molecule has 0 atom stereocenters. The van der Waals surface area contributed by atoms with Gasteiger partial charge in [-0.15, -0.1) is 0 Å². The maximum Gasteiger partial charge on any atom is 0.259 e. The van der Waals surface area contributed by atoms with Gasteiger partial charge in [-0.2, -0.15) is 5.10 Å². The molecule has 0 heterocycles. The highest BCUT2D eigenvalue weighted by atomic mass is 79.9. The van der Waals surface area contributed by atoms with Crippen LogP contribution in [0.5, 0.6) is 5.75 Å². The van der Waals surface area contributed by atoms with Crippen LogP contribution < -0.4 is 15.5 Å². The summed E-state index contributed by atoms with van der Waals surface area (Å²) in [6, 6.07) is 14.7. The van der Waals surface area contributed by atoms with Crippen molar-refractivity contribution in [3.05, 3.63) is 64.1 Å². The molecule has 0 aliphatic heterocycles. The first-order chi connectivity index (χ1) is 12.1. The zero-order valence-corrected chi connectivity index (χ0v) is 15.2. The Balaban J connectivity index is 1.71. The zero-order valence-electron chi connectivity index (χ0n) is 13.7. The first-order valence-electron chi connectivity index (χ1n) is 7.54. The summed E-state index contributed by atoms with van der Waals surface area (Å²) in [5, 5.41) is 6.40. The van der Waals surface area contributed by atoms with Gasteiger partial charge in [-0.25, -0.2) is 5.43 Å². The lowest BCUT2D eigenvalue weighted by molar-refractivity contribution is -0.125. The van der Waals surface area contributed by atoms with E-state index in [0.717, 1.165) is 21.3 Å². The number of amides is 2. The summed E-state index contributed by atoms with van der Waals surface area (Å²) in [6.07, 6.45) is 1.73. The van der Waals surface area contributed by atoms with Crippen LogP contribution in [0.3, 0.4) is 0 Å². The van der Waals surface area contributed by atoms with Crippen LogP contribution in [-0.4, -0.2) is 31.7 Å². The van der Waals surface area contributed by atoms with Gasteiger partial charge in [-0.05, 0) is 35.4 Å². The molecule has 0 bridgehead atoms. The molecule has 0 saturated heterocycles. The Labute approximate surface area is 154 Å². The van der Waals surface area contributed by atoms with Crippen molar-refractivity contribution in [2.24, 2.45) is 5.10 Å². The number of methoxy groups -OCH3 is 1. The monoisotopic (exact) mass is 403 g/mol. The maximum absolute atomic E-state index is 11.8. The van der Waals surface area contributed by atoms with Gasteiger partial charge >= 0.3 is 0 Å². The lowest BCUT2D eigenvalue weighted by atomic mass is 10.1. The summed E-state index contributed by atoms with van der Waals surface area (Å²) in [4.78, 5) is 23.5. The Kier molecular flexibility index (Phi) is 7.16. The van der Waals surface area contributed by atoms with Crippen molar-refractivity contribution in [3.63, 3.8) is 0 Å². The Hall–Kier alpha value is -2.67. The predicted octanol–water partition coefficient (Wildman–Crippen LogP) is 2.27. The van der Waals surface area contributed by atoms with E-state index in [0.29, 0.717) is 0 Å². The van der Waals surface area contributed by atoms with E-state index in [9.17, 15) is 9.59 Å². The molecule has 6 nitrogen and oxygen atoms in total. The van der Waals surface area contributed by atoms with E-state index >= 15 is 0 Å². The summed E-state index contributed by atoms with van der Waals surface area (Å²) < 4.78 is 6.03. The molecule has 2 N–H and O–H groups in total. The van der Waals surface area contributed by atoms with Crippen LogP contribution in [-0.2, 0) is 16.0 Å². The van der Waals surface area contributed by atoms with E-state index in [1.807, 2.05) is 24.3 Å². The molecule has 7 heteroatoms. The highest BCUT2D eigenvalue weighted by Crippen LogP contribution is 2.11. The lowest BCUT2D eigenvalue weighted by Crippen LogP contribution is -2.35. The topological polar surface area (TPSA) is 79.8 Å². The molecule has 2 aromatic carbocycles. The lowest BCUT2D eigenvalue weighted by Gasteiger charge is -2.05. The van der Waals surface area contributed by atoms with Gasteiger partial charge in [0, 0.05) is 4.47 Å². The van der Waals surface area contributed by atoms with E-state index in [1.165, 1.54) is 6.21 Å².